The topological polar surface area (TPSA) is 24.1 Å². The fourth-order valence-electron chi connectivity index (χ4n) is 2.01. The maximum absolute atomic E-state index is 12.8. The van der Waals surface area contributed by atoms with Gasteiger partial charge in [0.05, 0.1) is 6.04 Å². The van der Waals surface area contributed by atoms with Crippen molar-refractivity contribution >= 4 is 23.0 Å². The number of hydrogen-bond donors (Lipinski definition) is 2. The highest BCUT2D eigenvalue weighted by Gasteiger charge is 2.08. The number of halogens is 1. The molecule has 0 bridgehead atoms. The van der Waals surface area contributed by atoms with Crippen LogP contribution in [-0.2, 0) is 0 Å². The van der Waals surface area contributed by atoms with Crippen LogP contribution in [0.25, 0.3) is 0 Å². The highest BCUT2D eigenvalue weighted by atomic mass is 32.1. The van der Waals surface area contributed by atoms with Crippen molar-refractivity contribution in [3.63, 3.8) is 0 Å². The van der Waals surface area contributed by atoms with E-state index in [1.54, 1.807) is 12.1 Å². The smallest absolute Gasteiger partial charge is 0.171 e. The minimum absolute atomic E-state index is 0.102. The van der Waals surface area contributed by atoms with Gasteiger partial charge in [-0.25, -0.2) is 4.39 Å². The van der Waals surface area contributed by atoms with E-state index < -0.39 is 0 Å². The molecule has 0 amide bonds. The quantitative estimate of drug-likeness (QED) is 0.817. The van der Waals surface area contributed by atoms with Crippen LogP contribution in [0.3, 0.4) is 0 Å². The normalized spacial score (nSPS) is 11.8. The molecule has 2 aromatic carbocycles. The highest BCUT2D eigenvalue weighted by molar-refractivity contribution is 7.80. The van der Waals surface area contributed by atoms with E-state index in [9.17, 15) is 4.39 Å². The van der Waals surface area contributed by atoms with Crippen LogP contribution in [0.5, 0.6) is 0 Å². The molecule has 0 heterocycles. The van der Waals surface area contributed by atoms with E-state index in [2.05, 4.69) is 49.6 Å². The van der Waals surface area contributed by atoms with Crippen LogP contribution >= 0.6 is 12.2 Å². The molecule has 0 fully saturated rings. The average molecular weight is 302 g/mol. The van der Waals surface area contributed by atoms with Gasteiger partial charge in [-0.1, -0.05) is 18.2 Å². The first kappa shape index (κ1) is 15.4. The highest BCUT2D eigenvalue weighted by Crippen LogP contribution is 2.17. The Kier molecular flexibility index (Phi) is 4.91. The van der Waals surface area contributed by atoms with Gasteiger partial charge in [-0.2, -0.15) is 0 Å². The monoisotopic (exact) mass is 302 g/mol. The lowest BCUT2D eigenvalue weighted by atomic mass is 10.0. The number of hydrogen-bond acceptors (Lipinski definition) is 1. The van der Waals surface area contributed by atoms with E-state index in [1.165, 1.54) is 28.8 Å². The molecule has 4 heteroatoms. The van der Waals surface area contributed by atoms with E-state index in [1.807, 2.05) is 0 Å². The van der Waals surface area contributed by atoms with E-state index in [0.717, 1.165) is 5.69 Å². The second-order valence-electron chi connectivity index (χ2n) is 5.17. The molecule has 2 N–H and O–H groups in total. The molecule has 2 nitrogen and oxygen atoms in total. The van der Waals surface area contributed by atoms with Crippen LogP contribution in [0.15, 0.2) is 42.5 Å². The Morgan fingerprint density at radius 3 is 2.33 bits per heavy atom. The number of thiocarbonyl (C=S) groups is 1. The van der Waals surface area contributed by atoms with Gasteiger partial charge in [0, 0.05) is 5.69 Å². The molecule has 0 radical (unpaired) electrons. The zero-order valence-electron chi connectivity index (χ0n) is 12.4. The van der Waals surface area contributed by atoms with Gasteiger partial charge in [0.25, 0.3) is 0 Å². The molecule has 0 spiro atoms. The number of rotatable bonds is 3. The number of anilines is 1. The summed E-state index contributed by atoms with van der Waals surface area (Å²) in [6, 6.07) is 12.6. The van der Waals surface area contributed by atoms with Crippen molar-refractivity contribution in [3.05, 3.63) is 65.0 Å². The van der Waals surface area contributed by atoms with Gasteiger partial charge in [-0.15, -0.1) is 0 Å². The Hall–Kier alpha value is -1.94. The third-order valence-electron chi connectivity index (χ3n) is 3.48. The van der Waals surface area contributed by atoms with Crippen LogP contribution in [0.2, 0.25) is 0 Å². The summed E-state index contributed by atoms with van der Waals surface area (Å²) < 4.78 is 12.8. The first-order chi connectivity index (χ1) is 9.95. The van der Waals surface area contributed by atoms with Gasteiger partial charge in [-0.3, -0.25) is 0 Å². The zero-order valence-corrected chi connectivity index (χ0v) is 13.2. The van der Waals surface area contributed by atoms with Crippen molar-refractivity contribution in [3.8, 4) is 0 Å². The van der Waals surface area contributed by atoms with Gasteiger partial charge < -0.3 is 10.6 Å². The molecule has 0 saturated heterocycles. The first-order valence-electron chi connectivity index (χ1n) is 6.86. The summed E-state index contributed by atoms with van der Waals surface area (Å²) in [6.07, 6.45) is 0. The lowest BCUT2D eigenvalue weighted by molar-refractivity contribution is 0.628. The molecule has 21 heavy (non-hydrogen) atoms. The number of benzene rings is 2. The summed E-state index contributed by atoms with van der Waals surface area (Å²) in [4.78, 5) is 0. The molecule has 2 aromatic rings. The largest absolute Gasteiger partial charge is 0.356 e. The fourth-order valence-corrected chi connectivity index (χ4v) is 2.31. The van der Waals surface area contributed by atoms with Crippen LogP contribution in [-0.4, -0.2) is 5.11 Å². The van der Waals surface area contributed by atoms with Crippen molar-refractivity contribution in [2.24, 2.45) is 0 Å². The molecule has 110 valence electrons. The molecule has 0 aromatic heterocycles. The van der Waals surface area contributed by atoms with Gasteiger partial charge in [-0.05, 0) is 73.9 Å². The van der Waals surface area contributed by atoms with Crippen molar-refractivity contribution in [2.45, 2.75) is 26.8 Å². The molecular formula is C17H19FN2S. The molecule has 1 atom stereocenters. The minimum atomic E-state index is -0.261. The first-order valence-corrected chi connectivity index (χ1v) is 7.27. The molecule has 0 aliphatic rings. The Morgan fingerprint density at radius 2 is 1.71 bits per heavy atom. The van der Waals surface area contributed by atoms with Crippen molar-refractivity contribution in [1.82, 2.24) is 5.32 Å². The lowest BCUT2D eigenvalue weighted by Gasteiger charge is -2.18. The molecule has 0 aliphatic heterocycles. The van der Waals surface area contributed by atoms with E-state index >= 15 is 0 Å². The summed E-state index contributed by atoms with van der Waals surface area (Å²) in [6.45, 7) is 6.25. The van der Waals surface area contributed by atoms with Gasteiger partial charge in [0.2, 0.25) is 0 Å². The molecule has 0 saturated carbocycles. The van der Waals surface area contributed by atoms with Gasteiger partial charge >= 0.3 is 0 Å². The minimum Gasteiger partial charge on any atom is -0.356 e. The molecule has 1 unspecified atom stereocenters. The maximum atomic E-state index is 12.8. The standard InChI is InChI=1S/C17H19FN2S/c1-11-4-5-14(10-12(11)2)13(3)19-17(21)20-16-8-6-15(18)7-9-16/h4-10,13H,1-3H3,(H2,19,20,21). The average Bonchev–Trinajstić information content (AvgIpc) is 2.44. The third-order valence-corrected chi connectivity index (χ3v) is 3.70. The van der Waals surface area contributed by atoms with Crippen LogP contribution in [0.4, 0.5) is 10.1 Å². The Balaban J connectivity index is 1.98. The Morgan fingerprint density at radius 1 is 1.05 bits per heavy atom. The summed E-state index contributed by atoms with van der Waals surface area (Å²) in [5.74, 6) is -0.261. The fraction of sp³-hybridized carbons (Fsp3) is 0.235. The number of aryl methyl sites for hydroxylation is 2. The van der Waals surface area contributed by atoms with E-state index in [0.29, 0.717) is 5.11 Å². The van der Waals surface area contributed by atoms with Crippen molar-refractivity contribution < 1.29 is 4.39 Å². The van der Waals surface area contributed by atoms with Crippen LogP contribution in [0, 0.1) is 19.7 Å². The van der Waals surface area contributed by atoms with Gasteiger partial charge in [0.15, 0.2) is 5.11 Å². The summed E-state index contributed by atoms with van der Waals surface area (Å²) >= 11 is 5.29. The van der Waals surface area contributed by atoms with Crippen molar-refractivity contribution in [2.75, 3.05) is 5.32 Å². The molecule has 0 aliphatic carbocycles. The van der Waals surface area contributed by atoms with E-state index in [4.69, 9.17) is 12.2 Å². The third kappa shape index (κ3) is 4.26. The van der Waals surface area contributed by atoms with Crippen LogP contribution < -0.4 is 10.6 Å². The Bertz CT molecular complexity index is 638. The second kappa shape index (κ2) is 6.68. The molecule has 2 rings (SSSR count). The van der Waals surface area contributed by atoms with Crippen LogP contribution in [0.1, 0.15) is 29.7 Å². The lowest BCUT2D eigenvalue weighted by Crippen LogP contribution is -2.30. The summed E-state index contributed by atoms with van der Waals surface area (Å²) in [7, 11) is 0. The summed E-state index contributed by atoms with van der Waals surface area (Å²) in [5, 5.41) is 6.80. The van der Waals surface area contributed by atoms with E-state index in [-0.39, 0.29) is 11.9 Å². The zero-order chi connectivity index (χ0) is 15.4. The van der Waals surface area contributed by atoms with Crippen molar-refractivity contribution in [1.29, 1.82) is 0 Å². The molecular weight excluding hydrogens is 283 g/mol. The predicted molar refractivity (Wildman–Crippen MR) is 90.1 cm³/mol. The maximum Gasteiger partial charge on any atom is 0.171 e. The van der Waals surface area contributed by atoms with Gasteiger partial charge in [0.1, 0.15) is 5.82 Å². The Labute approximate surface area is 130 Å². The predicted octanol–water partition coefficient (Wildman–Crippen LogP) is 4.49. The second-order valence-corrected chi connectivity index (χ2v) is 5.58. The summed E-state index contributed by atoms with van der Waals surface area (Å²) in [5.41, 5.74) is 4.49. The SMILES string of the molecule is Cc1ccc(C(C)NC(=S)Nc2ccc(F)cc2)cc1C. The number of nitrogens with one attached hydrogen (secondary N) is 2.